The molecule has 12 heteroatoms. The van der Waals surface area contributed by atoms with Gasteiger partial charge in [0.25, 0.3) is 0 Å². The lowest BCUT2D eigenvalue weighted by Crippen LogP contribution is -2.33. The summed E-state index contributed by atoms with van der Waals surface area (Å²) in [5, 5.41) is 11.7. The number of carbonyl (C=O) groups excluding carboxylic acids is 1. The van der Waals surface area contributed by atoms with Crippen LogP contribution in [0.15, 0.2) is 43.5 Å². The van der Waals surface area contributed by atoms with E-state index in [-0.39, 0.29) is 38.1 Å². The number of nitrogen functional groups attached to an aromatic ring is 1. The Kier molecular flexibility index (Phi) is 8.45. The van der Waals surface area contributed by atoms with Gasteiger partial charge in [0.15, 0.2) is 11.6 Å². The van der Waals surface area contributed by atoms with Gasteiger partial charge < -0.3 is 19.9 Å². The van der Waals surface area contributed by atoms with Crippen molar-refractivity contribution < 1.29 is 28.3 Å². The van der Waals surface area contributed by atoms with E-state index in [0.29, 0.717) is 5.56 Å². The Bertz CT molecular complexity index is 1020. The third-order valence-electron chi connectivity index (χ3n) is 3.82. The molecule has 0 aliphatic rings. The molecule has 2 aromatic rings. The highest BCUT2D eigenvalue weighted by molar-refractivity contribution is 5.90. The van der Waals surface area contributed by atoms with Crippen molar-refractivity contribution in [2.45, 2.75) is 13.5 Å². The molecule has 1 amide bonds. The molecule has 2 N–H and O–H groups in total. The van der Waals surface area contributed by atoms with E-state index < -0.39 is 34.2 Å². The molecule has 0 fully saturated rings. The van der Waals surface area contributed by atoms with E-state index in [1.807, 2.05) is 0 Å². The molecule has 0 aliphatic heterocycles. The molecule has 0 saturated heterocycles. The summed E-state index contributed by atoms with van der Waals surface area (Å²) in [5.74, 6) is -1.67. The van der Waals surface area contributed by atoms with Crippen molar-refractivity contribution in [1.29, 1.82) is 0 Å². The third-order valence-corrected chi connectivity index (χ3v) is 3.82. The molecule has 1 aromatic heterocycles. The standard InChI is InChI=1S/C20H22FN5O6/c1-4-9-31-15-11-13(7-8-14(15)21)12-25(20(27)30-6-3)18-16(26(28)29)17(22)23-19(24-18)32-10-5-2/h4-5,7-8,11H,1-2,6,9-10,12H2,3H3,(H2,22,23,24). The highest BCUT2D eigenvalue weighted by Crippen LogP contribution is 2.34. The lowest BCUT2D eigenvalue weighted by atomic mass is 10.2. The Morgan fingerprint density at radius 1 is 1.28 bits per heavy atom. The first-order valence-electron chi connectivity index (χ1n) is 9.34. The number of rotatable bonds is 11. The summed E-state index contributed by atoms with van der Waals surface area (Å²) in [6.07, 6.45) is 1.91. The highest BCUT2D eigenvalue weighted by atomic mass is 19.1. The molecule has 0 bridgehead atoms. The zero-order valence-electron chi connectivity index (χ0n) is 17.3. The number of aromatic nitrogens is 2. The fraction of sp³-hybridized carbons (Fsp3) is 0.250. The van der Waals surface area contributed by atoms with Crippen LogP contribution in [-0.2, 0) is 11.3 Å². The number of nitro groups is 1. The van der Waals surface area contributed by atoms with Gasteiger partial charge in [0, 0.05) is 0 Å². The number of benzene rings is 1. The number of nitrogens with two attached hydrogens (primary N) is 1. The normalized spacial score (nSPS) is 10.2. The number of nitrogens with zero attached hydrogens (tertiary/aromatic N) is 4. The minimum Gasteiger partial charge on any atom is -0.486 e. The summed E-state index contributed by atoms with van der Waals surface area (Å²) in [6.45, 7) is 8.32. The summed E-state index contributed by atoms with van der Waals surface area (Å²) in [5.41, 5.74) is 5.40. The van der Waals surface area contributed by atoms with E-state index in [0.717, 1.165) is 11.0 Å². The number of amides is 1. The Morgan fingerprint density at radius 3 is 2.59 bits per heavy atom. The number of anilines is 2. The SMILES string of the molecule is C=CCOc1nc(N)c([N+](=O)[O-])c(N(Cc2ccc(F)c(OCC=C)c2)C(=O)OCC)n1. The first-order valence-corrected chi connectivity index (χ1v) is 9.34. The minimum atomic E-state index is -0.943. The zero-order chi connectivity index (χ0) is 23.7. The maximum atomic E-state index is 14.0. The van der Waals surface area contributed by atoms with Gasteiger partial charge in [-0.15, -0.1) is 0 Å². The van der Waals surface area contributed by atoms with Crippen molar-refractivity contribution in [3.05, 3.63) is 65.0 Å². The first kappa shape index (κ1) is 24.1. The van der Waals surface area contributed by atoms with Gasteiger partial charge in [0.1, 0.15) is 13.2 Å². The van der Waals surface area contributed by atoms with Crippen LogP contribution in [-0.4, -0.2) is 40.8 Å². The van der Waals surface area contributed by atoms with Crippen LogP contribution in [0.1, 0.15) is 12.5 Å². The summed E-state index contributed by atoms with van der Waals surface area (Å²) in [6, 6.07) is 3.56. The molecule has 11 nitrogen and oxygen atoms in total. The zero-order valence-corrected chi connectivity index (χ0v) is 17.3. The predicted octanol–water partition coefficient (Wildman–Crippen LogP) is 3.40. The second kappa shape index (κ2) is 11.2. The summed E-state index contributed by atoms with van der Waals surface area (Å²) < 4.78 is 29.5. The van der Waals surface area contributed by atoms with Crippen molar-refractivity contribution >= 4 is 23.4 Å². The number of hydrogen-bond donors (Lipinski definition) is 1. The van der Waals surface area contributed by atoms with E-state index in [1.54, 1.807) is 6.92 Å². The van der Waals surface area contributed by atoms with Crippen molar-refractivity contribution in [3.8, 4) is 11.8 Å². The summed E-state index contributed by atoms with van der Waals surface area (Å²) in [7, 11) is 0. The third kappa shape index (κ3) is 5.90. The van der Waals surface area contributed by atoms with Gasteiger partial charge in [-0.3, -0.25) is 15.0 Å². The molecule has 0 spiro atoms. The van der Waals surface area contributed by atoms with Crippen LogP contribution in [0, 0.1) is 15.9 Å². The van der Waals surface area contributed by atoms with Gasteiger partial charge in [0.2, 0.25) is 11.6 Å². The van der Waals surface area contributed by atoms with Gasteiger partial charge >= 0.3 is 17.8 Å². The smallest absolute Gasteiger partial charge is 0.415 e. The Hall–Kier alpha value is -4.22. The fourth-order valence-electron chi connectivity index (χ4n) is 2.52. The van der Waals surface area contributed by atoms with Crippen LogP contribution in [0.3, 0.4) is 0 Å². The van der Waals surface area contributed by atoms with Crippen molar-refractivity contribution in [2.75, 3.05) is 30.5 Å². The molecule has 0 aliphatic carbocycles. The van der Waals surface area contributed by atoms with Crippen molar-refractivity contribution in [3.63, 3.8) is 0 Å². The lowest BCUT2D eigenvalue weighted by Gasteiger charge is -2.22. The number of hydrogen-bond acceptors (Lipinski definition) is 9. The van der Waals surface area contributed by atoms with Crippen LogP contribution in [0.25, 0.3) is 0 Å². The van der Waals surface area contributed by atoms with Gasteiger partial charge in [-0.05, 0) is 24.6 Å². The van der Waals surface area contributed by atoms with E-state index in [4.69, 9.17) is 19.9 Å². The molecule has 170 valence electrons. The van der Waals surface area contributed by atoms with Crippen molar-refractivity contribution in [2.24, 2.45) is 0 Å². The van der Waals surface area contributed by atoms with Crippen LogP contribution in [0.5, 0.6) is 11.8 Å². The van der Waals surface area contributed by atoms with Gasteiger partial charge in [-0.1, -0.05) is 31.4 Å². The van der Waals surface area contributed by atoms with Gasteiger partial charge in [-0.2, -0.15) is 9.97 Å². The molecule has 1 aromatic carbocycles. The van der Waals surface area contributed by atoms with Gasteiger partial charge in [0.05, 0.1) is 18.1 Å². The Morgan fingerprint density at radius 2 is 1.97 bits per heavy atom. The topological polar surface area (TPSA) is 143 Å². The average Bonchev–Trinajstić information content (AvgIpc) is 2.75. The van der Waals surface area contributed by atoms with Crippen LogP contribution in [0.2, 0.25) is 0 Å². The number of carbonyl (C=O) groups is 1. The molecule has 0 radical (unpaired) electrons. The van der Waals surface area contributed by atoms with E-state index in [2.05, 4.69) is 23.1 Å². The molecule has 2 rings (SSSR count). The second-order valence-electron chi connectivity index (χ2n) is 6.07. The summed E-state index contributed by atoms with van der Waals surface area (Å²) in [4.78, 5) is 32.1. The molecule has 32 heavy (non-hydrogen) atoms. The highest BCUT2D eigenvalue weighted by Gasteiger charge is 2.32. The molecular weight excluding hydrogens is 425 g/mol. The van der Waals surface area contributed by atoms with Crippen LogP contribution in [0.4, 0.5) is 26.5 Å². The second-order valence-corrected chi connectivity index (χ2v) is 6.07. The largest absolute Gasteiger partial charge is 0.486 e. The molecular formula is C20H22FN5O6. The maximum Gasteiger partial charge on any atom is 0.415 e. The first-order chi connectivity index (χ1) is 15.3. The fourth-order valence-corrected chi connectivity index (χ4v) is 2.52. The predicted molar refractivity (Wildman–Crippen MR) is 114 cm³/mol. The maximum absolute atomic E-state index is 14.0. The molecule has 0 atom stereocenters. The number of halogens is 1. The molecule has 0 saturated carbocycles. The number of ether oxygens (including phenoxy) is 3. The average molecular weight is 447 g/mol. The van der Waals surface area contributed by atoms with Gasteiger partial charge in [-0.25, -0.2) is 9.18 Å². The summed E-state index contributed by atoms with van der Waals surface area (Å²) >= 11 is 0. The quantitative estimate of drug-likeness (QED) is 0.311. The van der Waals surface area contributed by atoms with Crippen molar-refractivity contribution in [1.82, 2.24) is 9.97 Å². The van der Waals surface area contributed by atoms with Crippen LogP contribution < -0.4 is 20.1 Å². The van der Waals surface area contributed by atoms with E-state index >= 15 is 0 Å². The van der Waals surface area contributed by atoms with E-state index in [9.17, 15) is 19.3 Å². The molecule has 1 heterocycles. The lowest BCUT2D eigenvalue weighted by molar-refractivity contribution is -0.383. The van der Waals surface area contributed by atoms with Crippen LogP contribution >= 0.6 is 0 Å². The van der Waals surface area contributed by atoms with E-state index in [1.165, 1.54) is 24.3 Å². The monoisotopic (exact) mass is 447 g/mol. The Balaban J connectivity index is 2.57. The minimum absolute atomic E-state index is 0.00192. The molecule has 0 unspecified atom stereocenters. The Labute approximate surface area is 183 Å².